The lowest BCUT2D eigenvalue weighted by Gasteiger charge is -2.06. The zero-order valence-corrected chi connectivity index (χ0v) is 10.3. The second-order valence-corrected chi connectivity index (χ2v) is 4.69. The van der Waals surface area contributed by atoms with Crippen LogP contribution >= 0.6 is 0 Å². The van der Waals surface area contributed by atoms with Crippen molar-refractivity contribution >= 4 is 0 Å². The molecule has 0 saturated heterocycles. The smallest absolute Gasteiger partial charge is 0.145 e. The van der Waals surface area contributed by atoms with Gasteiger partial charge in [0.2, 0.25) is 0 Å². The summed E-state index contributed by atoms with van der Waals surface area (Å²) in [6, 6.07) is 15.9. The van der Waals surface area contributed by atoms with E-state index in [2.05, 4.69) is 20.0 Å². The van der Waals surface area contributed by atoms with Crippen LogP contribution in [0.5, 0.6) is 0 Å². The summed E-state index contributed by atoms with van der Waals surface area (Å²) in [6.07, 6.45) is 0.636. The fourth-order valence-corrected chi connectivity index (χ4v) is 2.46. The van der Waals surface area contributed by atoms with Crippen LogP contribution in [0.1, 0.15) is 6.42 Å². The summed E-state index contributed by atoms with van der Waals surface area (Å²) in [4.78, 5) is 18.4. The zero-order valence-electron chi connectivity index (χ0n) is 10.3. The van der Waals surface area contributed by atoms with Gasteiger partial charge in [-0.15, -0.1) is 0 Å². The van der Waals surface area contributed by atoms with Crippen molar-refractivity contribution in [2.24, 2.45) is 20.0 Å². The molecule has 0 unspecified atom stereocenters. The maximum atomic E-state index is 4.59. The number of hydrogen-bond donors (Lipinski definition) is 0. The third-order valence-corrected chi connectivity index (χ3v) is 3.34. The van der Waals surface area contributed by atoms with E-state index >= 15 is 0 Å². The van der Waals surface area contributed by atoms with Gasteiger partial charge in [-0.1, -0.05) is 24.3 Å². The number of benzene rings is 2. The van der Waals surface area contributed by atoms with E-state index in [0.717, 1.165) is 27.8 Å². The number of rotatable bonds is 2. The molecule has 0 radical (unpaired) electrons. The topological polar surface area (TPSA) is 49.4 Å². The average Bonchev–Trinajstić information content (AvgIpc) is 3.00. The first-order chi connectivity index (χ1) is 9.38. The molecule has 0 bridgehead atoms. The molecule has 0 amide bonds. The molecule has 4 nitrogen and oxygen atoms in total. The van der Waals surface area contributed by atoms with Gasteiger partial charge in [0.15, 0.2) is 0 Å². The Morgan fingerprint density at radius 2 is 0.895 bits per heavy atom. The van der Waals surface area contributed by atoms with Crippen molar-refractivity contribution in [3.8, 4) is 0 Å². The standard InChI is InChI=1S/C15H12N4/c1-2-6-11-10(5-1)16-14(17-11)9-15-18-12-7-3-4-8-13(12)19-15/h1-8,14-15H,9H2. The van der Waals surface area contributed by atoms with E-state index in [1.165, 1.54) is 0 Å². The molecular formula is C15H12N4. The lowest BCUT2D eigenvalue weighted by Crippen LogP contribution is -2.19. The average molecular weight is 248 g/mol. The van der Waals surface area contributed by atoms with E-state index in [1.54, 1.807) is 0 Å². The summed E-state index contributed by atoms with van der Waals surface area (Å²) < 4.78 is 0. The summed E-state index contributed by atoms with van der Waals surface area (Å²) in [7, 11) is 0. The third-order valence-electron chi connectivity index (χ3n) is 3.34. The first-order valence-electron chi connectivity index (χ1n) is 6.40. The molecule has 2 aromatic carbocycles. The maximum absolute atomic E-state index is 4.59. The van der Waals surface area contributed by atoms with Gasteiger partial charge in [0.1, 0.15) is 12.3 Å². The summed E-state index contributed by atoms with van der Waals surface area (Å²) >= 11 is 0. The van der Waals surface area contributed by atoms with Crippen LogP contribution in [0.4, 0.5) is 0 Å². The van der Waals surface area contributed by atoms with Crippen LogP contribution in [0.25, 0.3) is 0 Å². The van der Waals surface area contributed by atoms with Crippen LogP contribution in [-0.2, 0) is 0 Å². The molecule has 0 spiro atoms. The summed E-state index contributed by atoms with van der Waals surface area (Å²) in [6.45, 7) is 0. The molecule has 2 aliphatic rings. The summed E-state index contributed by atoms with van der Waals surface area (Å²) in [5.74, 6) is 0. The molecule has 4 heteroatoms. The minimum absolute atomic E-state index is 0.0517. The highest BCUT2D eigenvalue weighted by Crippen LogP contribution is 2.09. The van der Waals surface area contributed by atoms with Crippen molar-refractivity contribution in [3.05, 3.63) is 70.0 Å². The molecule has 4 rings (SSSR count). The second kappa shape index (κ2) is 4.09. The predicted octanol–water partition coefficient (Wildman–Crippen LogP) is -0.0653. The van der Waals surface area contributed by atoms with E-state index in [9.17, 15) is 0 Å². The molecule has 0 aliphatic carbocycles. The van der Waals surface area contributed by atoms with E-state index in [4.69, 9.17) is 0 Å². The first kappa shape index (κ1) is 10.6. The Morgan fingerprint density at radius 1 is 0.579 bits per heavy atom. The van der Waals surface area contributed by atoms with Crippen molar-refractivity contribution in [2.45, 2.75) is 18.8 Å². The van der Waals surface area contributed by atoms with E-state index in [1.807, 2.05) is 48.5 Å². The normalized spacial score (nSPS) is 16.8. The molecule has 0 aromatic heterocycles. The van der Waals surface area contributed by atoms with Crippen LogP contribution in [0, 0.1) is 0 Å². The number of para-hydroxylation sites is 4. The quantitative estimate of drug-likeness (QED) is 0.714. The van der Waals surface area contributed by atoms with E-state index in [-0.39, 0.29) is 12.3 Å². The van der Waals surface area contributed by atoms with Crippen molar-refractivity contribution < 1.29 is 0 Å². The van der Waals surface area contributed by atoms with Gasteiger partial charge in [-0.25, -0.2) is 0 Å². The van der Waals surface area contributed by atoms with Gasteiger partial charge in [-0.05, 0) is 24.3 Å². The van der Waals surface area contributed by atoms with Crippen molar-refractivity contribution in [3.63, 3.8) is 0 Å². The number of nitrogens with zero attached hydrogens (tertiary/aromatic N) is 4. The lowest BCUT2D eigenvalue weighted by molar-refractivity contribution is 0.548. The Bertz CT molecular complexity index is 726. The highest BCUT2D eigenvalue weighted by molar-refractivity contribution is 5.06. The Kier molecular flexibility index (Phi) is 2.27. The monoisotopic (exact) mass is 248 g/mol. The van der Waals surface area contributed by atoms with Crippen molar-refractivity contribution in [2.75, 3.05) is 0 Å². The SMILES string of the molecule is c1ccc2c(c1)=NC(CC1N=c3ccccc3=N1)N=2. The molecule has 0 N–H and O–H groups in total. The Labute approximate surface area is 109 Å². The molecular weight excluding hydrogens is 236 g/mol. The summed E-state index contributed by atoms with van der Waals surface area (Å²) in [5, 5.41) is 3.90. The largest absolute Gasteiger partial charge is 0.256 e. The lowest BCUT2D eigenvalue weighted by atomic mass is 10.3. The number of hydrogen-bond acceptors (Lipinski definition) is 4. The first-order valence-corrected chi connectivity index (χ1v) is 6.40. The van der Waals surface area contributed by atoms with Gasteiger partial charge in [0.25, 0.3) is 0 Å². The van der Waals surface area contributed by atoms with Gasteiger partial charge in [-0.3, -0.25) is 20.0 Å². The Balaban J connectivity index is 1.63. The van der Waals surface area contributed by atoms with Gasteiger partial charge in [0.05, 0.1) is 21.4 Å². The molecule has 2 aliphatic heterocycles. The molecule has 0 atom stereocenters. The Morgan fingerprint density at radius 3 is 1.21 bits per heavy atom. The van der Waals surface area contributed by atoms with E-state index < -0.39 is 0 Å². The highest BCUT2D eigenvalue weighted by atomic mass is 15.1. The molecule has 2 aromatic rings. The van der Waals surface area contributed by atoms with Gasteiger partial charge in [-0.2, -0.15) is 0 Å². The van der Waals surface area contributed by atoms with Crippen molar-refractivity contribution in [1.29, 1.82) is 0 Å². The van der Waals surface area contributed by atoms with Crippen LogP contribution in [-0.4, -0.2) is 12.3 Å². The van der Waals surface area contributed by atoms with E-state index in [0.29, 0.717) is 0 Å². The maximum Gasteiger partial charge on any atom is 0.145 e. The van der Waals surface area contributed by atoms with Gasteiger partial charge < -0.3 is 0 Å². The van der Waals surface area contributed by atoms with Gasteiger partial charge >= 0.3 is 0 Å². The van der Waals surface area contributed by atoms with Crippen LogP contribution in [0.15, 0.2) is 68.5 Å². The summed E-state index contributed by atoms with van der Waals surface area (Å²) in [5.41, 5.74) is 0. The highest BCUT2D eigenvalue weighted by Gasteiger charge is 2.17. The third kappa shape index (κ3) is 1.85. The molecule has 0 saturated carbocycles. The molecule has 92 valence electrons. The fourth-order valence-electron chi connectivity index (χ4n) is 2.46. The number of fused-ring (bicyclic) bond motifs is 2. The minimum Gasteiger partial charge on any atom is -0.256 e. The Hall–Kier alpha value is -2.36. The zero-order chi connectivity index (χ0) is 12.7. The fraction of sp³-hybridized carbons (Fsp3) is 0.200. The predicted molar refractivity (Wildman–Crippen MR) is 69.7 cm³/mol. The second-order valence-electron chi connectivity index (χ2n) is 4.69. The molecule has 0 fully saturated rings. The van der Waals surface area contributed by atoms with Crippen LogP contribution in [0.3, 0.4) is 0 Å². The molecule has 2 heterocycles. The van der Waals surface area contributed by atoms with Crippen LogP contribution in [0.2, 0.25) is 0 Å². The van der Waals surface area contributed by atoms with Crippen molar-refractivity contribution in [1.82, 2.24) is 0 Å². The minimum atomic E-state index is -0.0517. The van der Waals surface area contributed by atoms with Crippen LogP contribution < -0.4 is 21.4 Å². The van der Waals surface area contributed by atoms with Gasteiger partial charge in [0, 0.05) is 6.42 Å². The molecule has 19 heavy (non-hydrogen) atoms.